The number of thioether (sulfide) groups is 1. The van der Waals surface area contributed by atoms with E-state index in [0.29, 0.717) is 6.04 Å². The van der Waals surface area contributed by atoms with E-state index in [-0.39, 0.29) is 0 Å². The fourth-order valence-corrected chi connectivity index (χ4v) is 2.95. The molecule has 1 N–H and O–H groups in total. The second kappa shape index (κ2) is 4.69. The summed E-state index contributed by atoms with van der Waals surface area (Å²) in [6.07, 6.45) is 4.71. The molecule has 0 saturated carbocycles. The van der Waals surface area contributed by atoms with E-state index < -0.39 is 0 Å². The van der Waals surface area contributed by atoms with E-state index in [1.807, 2.05) is 11.8 Å². The molecule has 76 valence electrons. The van der Waals surface area contributed by atoms with E-state index in [2.05, 4.69) is 45.7 Å². The molecule has 1 aromatic rings. The van der Waals surface area contributed by atoms with Crippen molar-refractivity contribution in [3.8, 4) is 0 Å². The van der Waals surface area contributed by atoms with Crippen LogP contribution in [0.4, 0.5) is 0 Å². The van der Waals surface area contributed by atoms with Crippen LogP contribution in [0.1, 0.15) is 24.4 Å². The molecular weight excluding hydrogens is 258 g/mol. The van der Waals surface area contributed by atoms with E-state index in [1.165, 1.54) is 27.8 Å². The number of nitrogens with one attached hydrogen (secondary N) is 1. The van der Waals surface area contributed by atoms with E-state index in [1.54, 1.807) is 0 Å². The van der Waals surface area contributed by atoms with Crippen molar-refractivity contribution in [2.45, 2.75) is 23.8 Å². The molecule has 0 radical (unpaired) electrons. The Morgan fingerprint density at radius 2 is 2.36 bits per heavy atom. The predicted octanol–water partition coefficient (Wildman–Crippen LogP) is 3.60. The molecule has 0 spiro atoms. The van der Waals surface area contributed by atoms with Crippen molar-refractivity contribution in [3.63, 3.8) is 0 Å². The summed E-state index contributed by atoms with van der Waals surface area (Å²) in [5, 5.41) is 3.54. The minimum atomic E-state index is 0.565. The highest BCUT2D eigenvalue weighted by molar-refractivity contribution is 9.10. The van der Waals surface area contributed by atoms with Crippen LogP contribution in [0.3, 0.4) is 0 Å². The maximum absolute atomic E-state index is 3.54. The monoisotopic (exact) mass is 271 g/mol. The van der Waals surface area contributed by atoms with Crippen molar-refractivity contribution >= 4 is 27.7 Å². The molecule has 0 aromatic heterocycles. The van der Waals surface area contributed by atoms with Gasteiger partial charge in [-0.2, -0.15) is 0 Å². The molecule has 0 aliphatic carbocycles. The van der Waals surface area contributed by atoms with Gasteiger partial charge in [-0.1, -0.05) is 15.9 Å². The quantitative estimate of drug-likeness (QED) is 0.826. The van der Waals surface area contributed by atoms with E-state index in [4.69, 9.17) is 0 Å². The van der Waals surface area contributed by atoms with Gasteiger partial charge < -0.3 is 5.32 Å². The van der Waals surface area contributed by atoms with Crippen molar-refractivity contribution < 1.29 is 0 Å². The topological polar surface area (TPSA) is 12.0 Å². The molecule has 0 amide bonds. The van der Waals surface area contributed by atoms with Crippen molar-refractivity contribution in [2.24, 2.45) is 0 Å². The van der Waals surface area contributed by atoms with Crippen LogP contribution in [0.25, 0.3) is 0 Å². The highest BCUT2D eigenvalue weighted by Gasteiger charge is 2.18. The lowest BCUT2D eigenvalue weighted by molar-refractivity contribution is 0.636. The summed E-state index contributed by atoms with van der Waals surface area (Å²) < 4.78 is 1.18. The lowest BCUT2D eigenvalue weighted by atomic mass is 10.1. The third-order valence-corrected chi connectivity index (χ3v) is 3.93. The maximum atomic E-state index is 3.54. The van der Waals surface area contributed by atoms with Crippen LogP contribution in [0, 0.1) is 0 Å². The molecular formula is C11H14BrNS. The van der Waals surface area contributed by atoms with Gasteiger partial charge in [0.05, 0.1) is 0 Å². The van der Waals surface area contributed by atoms with Crippen LogP contribution in [-0.2, 0) is 0 Å². The second-order valence-corrected chi connectivity index (χ2v) is 5.30. The summed E-state index contributed by atoms with van der Waals surface area (Å²) in [7, 11) is 0. The molecule has 1 aliphatic heterocycles. The van der Waals surface area contributed by atoms with Gasteiger partial charge in [0, 0.05) is 15.4 Å². The minimum absolute atomic E-state index is 0.565. The van der Waals surface area contributed by atoms with Gasteiger partial charge >= 0.3 is 0 Å². The highest BCUT2D eigenvalue weighted by atomic mass is 79.9. The predicted molar refractivity (Wildman–Crippen MR) is 65.9 cm³/mol. The Hall–Kier alpha value is 0.01000. The van der Waals surface area contributed by atoms with E-state index in [0.717, 1.165) is 6.54 Å². The summed E-state index contributed by atoms with van der Waals surface area (Å²) in [4.78, 5) is 1.40. The van der Waals surface area contributed by atoms with Gasteiger partial charge in [0.15, 0.2) is 0 Å². The van der Waals surface area contributed by atoms with Gasteiger partial charge in [-0.15, -0.1) is 11.8 Å². The van der Waals surface area contributed by atoms with Gasteiger partial charge in [0.2, 0.25) is 0 Å². The Balaban J connectivity index is 2.33. The van der Waals surface area contributed by atoms with Crippen molar-refractivity contribution in [1.29, 1.82) is 0 Å². The molecule has 1 atom stereocenters. The highest BCUT2D eigenvalue weighted by Crippen LogP contribution is 2.32. The Morgan fingerprint density at radius 1 is 1.50 bits per heavy atom. The van der Waals surface area contributed by atoms with Crippen LogP contribution in [0.5, 0.6) is 0 Å². The largest absolute Gasteiger partial charge is 0.310 e. The molecule has 0 bridgehead atoms. The SMILES string of the molecule is CSc1ccc(Br)cc1C1CCCN1. The number of rotatable bonds is 2. The molecule has 3 heteroatoms. The third kappa shape index (κ3) is 2.15. The Kier molecular flexibility index (Phi) is 3.52. The smallest absolute Gasteiger partial charge is 0.0332 e. The van der Waals surface area contributed by atoms with Crippen LogP contribution < -0.4 is 5.32 Å². The zero-order valence-electron chi connectivity index (χ0n) is 8.22. The fraction of sp³-hybridized carbons (Fsp3) is 0.455. The first-order valence-corrected chi connectivity index (χ1v) is 6.90. The van der Waals surface area contributed by atoms with Crippen molar-refractivity contribution in [3.05, 3.63) is 28.2 Å². The maximum Gasteiger partial charge on any atom is 0.0332 e. The first-order valence-electron chi connectivity index (χ1n) is 4.88. The van der Waals surface area contributed by atoms with Gasteiger partial charge in [0.25, 0.3) is 0 Å². The molecule has 1 aromatic carbocycles. The van der Waals surface area contributed by atoms with E-state index in [9.17, 15) is 0 Å². The minimum Gasteiger partial charge on any atom is -0.310 e. The summed E-state index contributed by atoms with van der Waals surface area (Å²) in [5.41, 5.74) is 1.45. The zero-order valence-corrected chi connectivity index (χ0v) is 10.6. The first kappa shape index (κ1) is 10.5. The molecule has 2 rings (SSSR count). The van der Waals surface area contributed by atoms with Crippen LogP contribution in [0.2, 0.25) is 0 Å². The molecule has 1 saturated heterocycles. The van der Waals surface area contributed by atoms with Crippen molar-refractivity contribution in [1.82, 2.24) is 5.32 Å². The summed E-state index contributed by atoms with van der Waals surface area (Å²) in [5.74, 6) is 0. The van der Waals surface area contributed by atoms with Crippen LogP contribution >= 0.6 is 27.7 Å². The second-order valence-electron chi connectivity index (χ2n) is 3.54. The Morgan fingerprint density at radius 3 is 3.00 bits per heavy atom. The normalized spacial score (nSPS) is 21.4. The van der Waals surface area contributed by atoms with Crippen molar-refractivity contribution in [2.75, 3.05) is 12.8 Å². The van der Waals surface area contributed by atoms with Crippen LogP contribution in [-0.4, -0.2) is 12.8 Å². The van der Waals surface area contributed by atoms with Gasteiger partial charge in [-0.05, 0) is 49.4 Å². The Labute approximate surface area is 97.8 Å². The molecule has 1 unspecified atom stereocenters. The number of hydrogen-bond acceptors (Lipinski definition) is 2. The zero-order chi connectivity index (χ0) is 9.97. The van der Waals surface area contributed by atoms with Gasteiger partial charge in [0.1, 0.15) is 0 Å². The Bertz CT molecular complexity index is 321. The standard InChI is InChI=1S/C11H14BrNS/c1-14-11-5-4-8(12)7-9(11)10-3-2-6-13-10/h4-5,7,10,13H,2-3,6H2,1H3. The molecule has 1 heterocycles. The first-order chi connectivity index (χ1) is 6.81. The number of hydrogen-bond donors (Lipinski definition) is 1. The van der Waals surface area contributed by atoms with Gasteiger partial charge in [-0.3, -0.25) is 0 Å². The average Bonchev–Trinajstić information content (AvgIpc) is 2.70. The fourth-order valence-electron chi connectivity index (χ4n) is 1.93. The lowest BCUT2D eigenvalue weighted by Gasteiger charge is -2.14. The number of halogens is 1. The summed E-state index contributed by atoms with van der Waals surface area (Å²) in [6.45, 7) is 1.16. The van der Waals surface area contributed by atoms with Gasteiger partial charge in [-0.25, -0.2) is 0 Å². The third-order valence-electron chi connectivity index (χ3n) is 2.63. The summed E-state index contributed by atoms with van der Waals surface area (Å²) in [6, 6.07) is 7.12. The number of benzene rings is 1. The van der Waals surface area contributed by atoms with E-state index >= 15 is 0 Å². The average molecular weight is 272 g/mol. The molecule has 1 aliphatic rings. The summed E-state index contributed by atoms with van der Waals surface area (Å²) >= 11 is 5.37. The molecule has 1 fully saturated rings. The lowest BCUT2D eigenvalue weighted by Crippen LogP contribution is -2.13. The molecule has 1 nitrogen and oxygen atoms in total. The van der Waals surface area contributed by atoms with Crippen LogP contribution in [0.15, 0.2) is 27.6 Å². The molecule has 14 heavy (non-hydrogen) atoms.